The van der Waals surface area contributed by atoms with Gasteiger partial charge >= 0.3 is 29.6 Å². The van der Waals surface area contributed by atoms with Crippen LogP contribution >= 0.6 is 18.2 Å². The number of rotatable bonds is 4. The summed E-state index contributed by atoms with van der Waals surface area (Å²) in [4.78, 5) is 20.1. The van der Waals surface area contributed by atoms with Crippen molar-refractivity contribution in [3.05, 3.63) is 0 Å². The molecule has 0 radical (unpaired) electrons. The van der Waals surface area contributed by atoms with Crippen molar-refractivity contribution >= 4 is 18.2 Å². The molecule has 0 aliphatic carbocycles. The third-order valence-electron chi connectivity index (χ3n) is 1.05. The minimum Gasteiger partial charge on any atom is -0.803 e. The van der Waals surface area contributed by atoms with Crippen molar-refractivity contribution in [2.75, 3.05) is 5.75 Å². The molecule has 0 fully saturated rings. The largest absolute Gasteiger partial charge is 1.00 e. The fraction of sp³-hybridized carbons (Fsp3) is 1.00. The summed E-state index contributed by atoms with van der Waals surface area (Å²) in [7, 11) is 0. The van der Waals surface area contributed by atoms with Crippen LogP contribution in [0.1, 0.15) is 13.3 Å². The van der Waals surface area contributed by atoms with E-state index in [2.05, 4.69) is 5.73 Å². The maximum absolute atomic E-state index is 10.1. The van der Waals surface area contributed by atoms with Gasteiger partial charge in [-0.2, -0.15) is 0 Å². The summed E-state index contributed by atoms with van der Waals surface area (Å²) >= 11 is 0.448. The third-order valence-corrected chi connectivity index (χ3v) is 3.38. The molecule has 11 heavy (non-hydrogen) atoms. The zero-order valence-electron chi connectivity index (χ0n) is 6.78. The Morgan fingerprint density at radius 2 is 2.09 bits per heavy atom. The molecule has 4 nitrogen and oxygen atoms in total. The first-order valence-electron chi connectivity index (χ1n) is 2.95. The van der Waals surface area contributed by atoms with Crippen LogP contribution in [0.15, 0.2) is 0 Å². The average Bonchev–Trinajstić information content (AvgIpc) is 1.81. The fourth-order valence-electron chi connectivity index (χ4n) is 0.315. The molecule has 0 aromatic rings. The fourth-order valence-corrected chi connectivity index (χ4v) is 2.12. The molecular weight excluding hydrogens is 196 g/mol. The molecule has 0 saturated carbocycles. The molecule has 1 unspecified atom stereocenters. The Morgan fingerprint density at radius 1 is 1.64 bits per heavy atom. The Balaban J connectivity index is 0. The van der Waals surface area contributed by atoms with Crippen LogP contribution < -0.4 is 45.1 Å². The summed E-state index contributed by atoms with van der Waals surface area (Å²) < 4.78 is 10.1. The van der Waals surface area contributed by atoms with Crippen molar-refractivity contribution < 1.29 is 49.6 Å². The number of hydrogen-bond acceptors (Lipinski definition) is 4. The van der Waals surface area contributed by atoms with Crippen molar-refractivity contribution in [3.63, 3.8) is 0 Å². The zero-order valence-corrected chi connectivity index (χ0v) is 10.5. The molecule has 0 aromatic carbocycles. The van der Waals surface area contributed by atoms with E-state index in [0.29, 0.717) is 17.1 Å². The van der Waals surface area contributed by atoms with Crippen molar-refractivity contribution in [1.29, 1.82) is 0 Å². The van der Waals surface area contributed by atoms with Gasteiger partial charge in [0.1, 0.15) is 0 Å². The van der Waals surface area contributed by atoms with E-state index in [-0.39, 0.29) is 35.6 Å². The average molecular weight is 207 g/mol. The Kier molecular flexibility index (Phi) is 9.41. The first kappa shape index (κ1) is 15.0. The molecule has 0 aromatic heterocycles. The monoisotopic (exact) mass is 207 g/mol. The summed E-state index contributed by atoms with van der Waals surface area (Å²) in [5.41, 5.74) is 3.64. The van der Waals surface area contributed by atoms with Crippen LogP contribution in [0.25, 0.3) is 0 Å². The van der Waals surface area contributed by atoms with Gasteiger partial charge in [0.25, 0.3) is 0 Å². The van der Waals surface area contributed by atoms with E-state index in [9.17, 15) is 14.4 Å². The van der Waals surface area contributed by atoms with Gasteiger partial charge in [-0.15, -0.1) is 11.4 Å². The summed E-state index contributed by atoms with van der Waals surface area (Å²) in [5.74, 6) is 0.306. The van der Waals surface area contributed by atoms with Crippen molar-refractivity contribution in [2.45, 2.75) is 19.4 Å². The van der Waals surface area contributed by atoms with Crippen molar-refractivity contribution in [1.82, 2.24) is 0 Å². The van der Waals surface area contributed by atoms with Gasteiger partial charge < -0.3 is 20.1 Å². The van der Waals surface area contributed by atoms with E-state index in [1.165, 1.54) is 0 Å². The van der Waals surface area contributed by atoms with Crippen LogP contribution in [0.5, 0.6) is 0 Å². The molecular formula is C4H11NNaO3PS. The van der Waals surface area contributed by atoms with Gasteiger partial charge in [0.2, 0.25) is 0 Å². The van der Waals surface area contributed by atoms with E-state index in [1.54, 1.807) is 0 Å². The minimum absolute atomic E-state index is 0. The number of hydrogen-bond donors (Lipinski definition) is 1. The second-order valence-electron chi connectivity index (χ2n) is 2.02. The van der Waals surface area contributed by atoms with Gasteiger partial charge in [-0.3, -0.25) is 0 Å². The molecule has 1 atom stereocenters. The Hall–Kier alpha value is 1.46. The third kappa shape index (κ3) is 11.5. The van der Waals surface area contributed by atoms with Crippen molar-refractivity contribution in [3.8, 4) is 0 Å². The first-order valence-corrected chi connectivity index (χ1v) is 6.08. The van der Waals surface area contributed by atoms with Gasteiger partial charge in [-0.05, 0) is 13.2 Å². The van der Waals surface area contributed by atoms with E-state index < -0.39 is 6.80 Å². The molecule has 0 rings (SSSR count). The molecule has 0 bridgehead atoms. The number of quaternary nitrogens is 1. The van der Waals surface area contributed by atoms with Gasteiger partial charge in [0.15, 0.2) is 0 Å². The van der Waals surface area contributed by atoms with Gasteiger partial charge in [-0.25, -0.2) is 0 Å². The van der Waals surface area contributed by atoms with Crippen LogP contribution in [0.3, 0.4) is 0 Å². The van der Waals surface area contributed by atoms with Crippen molar-refractivity contribution in [2.24, 2.45) is 0 Å². The molecule has 0 amide bonds. The SMILES string of the molecule is CCC([NH3+])CSP(=O)([O-])[O-].[Na+]. The predicted octanol–water partition coefficient (Wildman–Crippen LogP) is -4.43. The smallest absolute Gasteiger partial charge is 0.803 e. The van der Waals surface area contributed by atoms with Gasteiger partial charge in [0.05, 0.1) is 11.8 Å². The second-order valence-corrected chi connectivity index (χ2v) is 5.62. The van der Waals surface area contributed by atoms with E-state index >= 15 is 0 Å². The molecule has 0 spiro atoms. The molecule has 7 heteroatoms. The quantitative estimate of drug-likeness (QED) is 0.372. The zero-order chi connectivity index (χ0) is 8.20. The standard InChI is InChI=1S/C4H12NO3PS.Na/c1-2-4(5)3-10-9(6,7)8;/h4H,2-3,5H2,1H3,(H2,6,7,8);/q;+1/p-1. The minimum atomic E-state index is -4.36. The van der Waals surface area contributed by atoms with E-state index in [1.807, 2.05) is 6.92 Å². The van der Waals surface area contributed by atoms with Crippen LogP contribution in [0.4, 0.5) is 0 Å². The summed E-state index contributed by atoms with van der Waals surface area (Å²) in [5, 5.41) is 0. The molecule has 3 N–H and O–H groups in total. The maximum Gasteiger partial charge on any atom is 1.00 e. The summed E-state index contributed by atoms with van der Waals surface area (Å²) in [6.07, 6.45) is 0.799. The topological polar surface area (TPSA) is 90.8 Å². The summed E-state index contributed by atoms with van der Waals surface area (Å²) in [6.45, 7) is -2.45. The Morgan fingerprint density at radius 3 is 2.36 bits per heavy atom. The second kappa shape index (κ2) is 6.92. The maximum atomic E-state index is 10.1. The molecule has 0 saturated heterocycles. The molecule has 0 heterocycles. The van der Waals surface area contributed by atoms with E-state index in [4.69, 9.17) is 0 Å². The van der Waals surface area contributed by atoms with E-state index in [0.717, 1.165) is 6.42 Å². The normalized spacial score (nSPS) is 13.8. The van der Waals surface area contributed by atoms with Crippen LogP contribution in [0.2, 0.25) is 0 Å². The Labute approximate surface area is 92.5 Å². The van der Waals surface area contributed by atoms with Crippen LogP contribution in [-0.2, 0) is 4.57 Å². The summed E-state index contributed by atoms with van der Waals surface area (Å²) in [6, 6.07) is 0.0567. The molecule has 0 aliphatic rings. The Bertz CT molecular complexity index is 141. The van der Waals surface area contributed by atoms with Crippen LogP contribution in [0, 0.1) is 0 Å². The van der Waals surface area contributed by atoms with Gasteiger partial charge in [-0.1, -0.05) is 6.92 Å². The van der Waals surface area contributed by atoms with Crippen LogP contribution in [-0.4, -0.2) is 11.8 Å². The van der Waals surface area contributed by atoms with Gasteiger partial charge in [0, 0.05) is 0 Å². The predicted molar refractivity (Wildman–Crippen MR) is 37.0 cm³/mol. The molecule has 0 aliphatic heterocycles. The molecule has 62 valence electrons. The first-order chi connectivity index (χ1) is 4.45.